The predicted octanol–water partition coefficient (Wildman–Crippen LogP) is 1.49. The molecule has 2 rings (SSSR count). The van der Waals surface area contributed by atoms with Crippen molar-refractivity contribution in [3.8, 4) is 5.75 Å². The molecule has 8 heteroatoms. The van der Waals surface area contributed by atoms with E-state index in [1.807, 2.05) is 0 Å². The van der Waals surface area contributed by atoms with Crippen molar-refractivity contribution < 1.29 is 22.3 Å². The fraction of sp³-hybridized carbons (Fsp3) is 0.0714. The Morgan fingerprint density at radius 2 is 1.68 bits per heavy atom. The highest BCUT2D eigenvalue weighted by Gasteiger charge is 2.08. The number of amides is 1. The van der Waals surface area contributed by atoms with E-state index < -0.39 is 21.7 Å². The Labute approximate surface area is 126 Å². The SMILES string of the molecule is NS(=O)(=O)c1ccc(NC(=O)COc2ccc(F)cc2)cc1. The van der Waals surface area contributed by atoms with Crippen molar-refractivity contribution in [2.75, 3.05) is 11.9 Å². The molecule has 0 bridgehead atoms. The molecule has 0 unspecified atom stereocenters. The van der Waals surface area contributed by atoms with Gasteiger partial charge in [0.1, 0.15) is 11.6 Å². The van der Waals surface area contributed by atoms with E-state index in [1.165, 1.54) is 48.5 Å². The molecule has 0 spiro atoms. The second-order valence-electron chi connectivity index (χ2n) is 4.36. The van der Waals surface area contributed by atoms with Crippen molar-refractivity contribution in [2.24, 2.45) is 5.14 Å². The Kier molecular flexibility index (Phi) is 4.74. The van der Waals surface area contributed by atoms with Gasteiger partial charge in [0.15, 0.2) is 6.61 Å². The summed E-state index contributed by atoms with van der Waals surface area (Å²) in [5.41, 5.74) is 0.403. The van der Waals surface area contributed by atoms with E-state index >= 15 is 0 Å². The van der Waals surface area contributed by atoms with Crippen LogP contribution in [-0.4, -0.2) is 20.9 Å². The van der Waals surface area contributed by atoms with Gasteiger partial charge in [-0.15, -0.1) is 0 Å². The van der Waals surface area contributed by atoms with Crippen LogP contribution >= 0.6 is 0 Å². The van der Waals surface area contributed by atoms with Crippen molar-refractivity contribution in [1.82, 2.24) is 0 Å². The number of carbonyl (C=O) groups is 1. The van der Waals surface area contributed by atoms with E-state index in [9.17, 15) is 17.6 Å². The zero-order valence-electron chi connectivity index (χ0n) is 11.3. The maximum Gasteiger partial charge on any atom is 0.262 e. The molecule has 0 aromatic heterocycles. The number of ether oxygens (including phenoxy) is 1. The highest BCUT2D eigenvalue weighted by molar-refractivity contribution is 7.89. The minimum absolute atomic E-state index is 0.0481. The molecule has 0 atom stereocenters. The number of hydrogen-bond acceptors (Lipinski definition) is 4. The first kappa shape index (κ1) is 15.9. The molecule has 0 fully saturated rings. The fourth-order valence-corrected chi connectivity index (χ4v) is 2.12. The van der Waals surface area contributed by atoms with E-state index in [0.29, 0.717) is 11.4 Å². The van der Waals surface area contributed by atoms with Crippen molar-refractivity contribution in [2.45, 2.75) is 4.90 Å². The Hall–Kier alpha value is -2.45. The van der Waals surface area contributed by atoms with Crippen LogP contribution in [-0.2, 0) is 14.8 Å². The molecule has 2 aromatic rings. The average Bonchev–Trinajstić information content (AvgIpc) is 2.46. The summed E-state index contributed by atoms with van der Waals surface area (Å²) in [6.07, 6.45) is 0. The van der Waals surface area contributed by atoms with E-state index in [1.54, 1.807) is 0 Å². The molecular formula is C14H13FN2O4S. The topological polar surface area (TPSA) is 98.5 Å². The van der Waals surface area contributed by atoms with Gasteiger partial charge in [-0.2, -0.15) is 0 Å². The highest BCUT2D eigenvalue weighted by atomic mass is 32.2. The molecule has 2 aromatic carbocycles. The van der Waals surface area contributed by atoms with Crippen molar-refractivity contribution in [1.29, 1.82) is 0 Å². The molecule has 0 aliphatic carbocycles. The van der Waals surface area contributed by atoms with Gasteiger partial charge in [0.25, 0.3) is 5.91 Å². The number of nitrogens with two attached hydrogens (primary N) is 1. The number of anilines is 1. The Bertz CT molecular complexity index is 758. The third kappa shape index (κ3) is 4.54. The molecule has 0 saturated heterocycles. The Balaban J connectivity index is 1.90. The number of halogens is 1. The standard InChI is InChI=1S/C14H13FN2O4S/c15-10-1-5-12(6-2-10)21-9-14(18)17-11-3-7-13(8-4-11)22(16,19)20/h1-8H,9H2,(H,17,18)(H2,16,19,20). The van der Waals surface area contributed by atoms with Gasteiger partial charge in [-0.05, 0) is 48.5 Å². The van der Waals surface area contributed by atoms with Gasteiger partial charge in [0.2, 0.25) is 10.0 Å². The molecule has 0 saturated carbocycles. The van der Waals surface area contributed by atoms with Crippen LogP contribution in [0.25, 0.3) is 0 Å². The van der Waals surface area contributed by atoms with Crippen LogP contribution in [0.15, 0.2) is 53.4 Å². The lowest BCUT2D eigenvalue weighted by atomic mass is 10.3. The van der Waals surface area contributed by atoms with E-state index in [-0.39, 0.29) is 11.5 Å². The molecule has 0 aliphatic heterocycles. The van der Waals surface area contributed by atoms with Gasteiger partial charge in [0.05, 0.1) is 4.90 Å². The quantitative estimate of drug-likeness (QED) is 0.870. The molecular weight excluding hydrogens is 311 g/mol. The monoisotopic (exact) mass is 324 g/mol. The number of nitrogens with one attached hydrogen (secondary N) is 1. The minimum atomic E-state index is -3.77. The van der Waals surface area contributed by atoms with Crippen molar-refractivity contribution >= 4 is 21.6 Å². The summed E-state index contributed by atoms with van der Waals surface area (Å²) in [7, 11) is -3.77. The van der Waals surface area contributed by atoms with Gasteiger partial charge in [-0.1, -0.05) is 0 Å². The summed E-state index contributed by atoms with van der Waals surface area (Å²) in [6, 6.07) is 10.6. The zero-order valence-corrected chi connectivity index (χ0v) is 12.1. The highest BCUT2D eigenvalue weighted by Crippen LogP contribution is 2.13. The van der Waals surface area contributed by atoms with Crippen LogP contribution < -0.4 is 15.2 Å². The number of carbonyl (C=O) groups excluding carboxylic acids is 1. The summed E-state index contributed by atoms with van der Waals surface area (Å²) < 4.78 is 40.1. The lowest BCUT2D eigenvalue weighted by Gasteiger charge is -2.08. The largest absolute Gasteiger partial charge is 0.484 e. The van der Waals surface area contributed by atoms with Crippen molar-refractivity contribution in [3.05, 3.63) is 54.3 Å². The van der Waals surface area contributed by atoms with Gasteiger partial charge < -0.3 is 10.1 Å². The second-order valence-corrected chi connectivity index (χ2v) is 5.92. The van der Waals surface area contributed by atoms with Crippen LogP contribution in [0.5, 0.6) is 5.75 Å². The molecule has 116 valence electrons. The van der Waals surface area contributed by atoms with Gasteiger partial charge in [-0.25, -0.2) is 17.9 Å². The molecule has 0 radical (unpaired) electrons. The molecule has 3 N–H and O–H groups in total. The summed E-state index contributed by atoms with van der Waals surface area (Å²) in [4.78, 5) is 11.6. The molecule has 0 heterocycles. The minimum Gasteiger partial charge on any atom is -0.484 e. The third-order valence-corrected chi connectivity index (χ3v) is 3.58. The van der Waals surface area contributed by atoms with Crippen LogP contribution in [0, 0.1) is 5.82 Å². The summed E-state index contributed by atoms with van der Waals surface area (Å²) in [5.74, 6) is -0.472. The van der Waals surface area contributed by atoms with Crippen LogP contribution in [0.2, 0.25) is 0 Å². The predicted molar refractivity (Wildman–Crippen MR) is 78.3 cm³/mol. The fourth-order valence-electron chi connectivity index (χ4n) is 1.60. The zero-order chi connectivity index (χ0) is 16.2. The van der Waals surface area contributed by atoms with E-state index in [0.717, 1.165) is 0 Å². The molecule has 0 aliphatic rings. The number of hydrogen-bond donors (Lipinski definition) is 2. The summed E-state index contributed by atoms with van der Waals surface area (Å²) in [5, 5.41) is 7.50. The smallest absolute Gasteiger partial charge is 0.262 e. The van der Waals surface area contributed by atoms with Crippen molar-refractivity contribution in [3.63, 3.8) is 0 Å². The van der Waals surface area contributed by atoms with Crippen LogP contribution in [0.4, 0.5) is 10.1 Å². The number of rotatable bonds is 5. The Morgan fingerprint density at radius 3 is 2.23 bits per heavy atom. The van der Waals surface area contributed by atoms with Crippen LogP contribution in [0.1, 0.15) is 0 Å². The first-order valence-electron chi connectivity index (χ1n) is 6.16. The Morgan fingerprint density at radius 1 is 1.09 bits per heavy atom. The first-order valence-corrected chi connectivity index (χ1v) is 7.70. The molecule has 22 heavy (non-hydrogen) atoms. The van der Waals surface area contributed by atoms with E-state index in [2.05, 4.69) is 5.32 Å². The van der Waals surface area contributed by atoms with Gasteiger partial charge in [0, 0.05) is 5.69 Å². The van der Waals surface area contributed by atoms with Gasteiger partial charge >= 0.3 is 0 Å². The first-order chi connectivity index (χ1) is 10.3. The normalized spacial score (nSPS) is 11.0. The summed E-state index contributed by atoms with van der Waals surface area (Å²) >= 11 is 0. The number of benzene rings is 2. The average molecular weight is 324 g/mol. The maximum absolute atomic E-state index is 12.7. The third-order valence-electron chi connectivity index (χ3n) is 2.65. The number of primary sulfonamides is 1. The molecule has 1 amide bonds. The lowest BCUT2D eigenvalue weighted by Crippen LogP contribution is -2.20. The second kappa shape index (κ2) is 6.54. The van der Waals surface area contributed by atoms with E-state index in [4.69, 9.17) is 9.88 Å². The van der Waals surface area contributed by atoms with Crippen LogP contribution in [0.3, 0.4) is 0 Å². The number of sulfonamides is 1. The van der Waals surface area contributed by atoms with Gasteiger partial charge in [-0.3, -0.25) is 4.79 Å². The lowest BCUT2D eigenvalue weighted by molar-refractivity contribution is -0.118. The molecule has 6 nitrogen and oxygen atoms in total. The maximum atomic E-state index is 12.7. The summed E-state index contributed by atoms with van der Waals surface area (Å²) in [6.45, 7) is -0.261.